The molecule has 0 bridgehead atoms. The molecule has 1 aliphatic heterocycles. The summed E-state index contributed by atoms with van der Waals surface area (Å²) in [7, 11) is -3.34. The number of hydrogen-bond donors (Lipinski definition) is 1. The molecule has 0 radical (unpaired) electrons. The van der Waals surface area contributed by atoms with E-state index >= 15 is 0 Å². The van der Waals surface area contributed by atoms with E-state index in [0.29, 0.717) is 24.3 Å². The highest BCUT2D eigenvalue weighted by Crippen LogP contribution is 2.32. The summed E-state index contributed by atoms with van der Waals surface area (Å²) in [5.41, 5.74) is 3.29. The minimum atomic E-state index is -3.34. The Kier molecular flexibility index (Phi) is 5.77. The second-order valence-corrected chi connectivity index (χ2v) is 9.71. The molecule has 0 saturated carbocycles. The average Bonchev–Trinajstić information content (AvgIpc) is 2.73. The van der Waals surface area contributed by atoms with E-state index in [0.717, 1.165) is 34.7 Å². The minimum absolute atomic E-state index is 0.120. The molecule has 3 aromatic rings. The van der Waals surface area contributed by atoms with E-state index in [9.17, 15) is 13.2 Å². The van der Waals surface area contributed by atoms with Crippen LogP contribution in [0.15, 0.2) is 60.7 Å². The molecule has 0 aliphatic carbocycles. The van der Waals surface area contributed by atoms with Crippen molar-refractivity contribution in [3.05, 3.63) is 71.8 Å². The lowest BCUT2D eigenvalue weighted by atomic mass is 10.0. The zero-order valence-electron chi connectivity index (χ0n) is 17.1. The van der Waals surface area contributed by atoms with E-state index in [2.05, 4.69) is 5.32 Å². The molecule has 0 spiro atoms. The van der Waals surface area contributed by atoms with Gasteiger partial charge in [0.05, 0.1) is 17.9 Å². The van der Waals surface area contributed by atoms with Crippen molar-refractivity contribution in [2.24, 2.45) is 0 Å². The van der Waals surface area contributed by atoms with Crippen LogP contribution in [0, 0.1) is 0 Å². The van der Waals surface area contributed by atoms with Crippen LogP contribution in [0.4, 0.5) is 11.4 Å². The molecule has 6 heteroatoms. The summed E-state index contributed by atoms with van der Waals surface area (Å²) in [5, 5.41) is 5.12. The molecule has 1 amide bonds. The standard InChI is InChI=1S/C24H26N2O3S/c1-2-15-30(28,29)26-14-6-10-19-12-13-21(17-23(19)26)25-24(27)16-20-9-5-8-18-7-3-4-11-22(18)20/h3-5,7-9,11-13,17H,2,6,10,14-16H2,1H3,(H,25,27). The first-order valence-electron chi connectivity index (χ1n) is 10.4. The normalized spacial score (nSPS) is 13.8. The summed E-state index contributed by atoms with van der Waals surface area (Å²) in [5.74, 6) is 0.00878. The molecule has 0 unspecified atom stereocenters. The van der Waals surface area contributed by atoms with Crippen molar-refractivity contribution in [3.8, 4) is 0 Å². The molecule has 0 aromatic heterocycles. The molecule has 1 N–H and O–H groups in total. The Morgan fingerprint density at radius 1 is 1.07 bits per heavy atom. The molecular weight excluding hydrogens is 396 g/mol. The van der Waals surface area contributed by atoms with Crippen LogP contribution in [0.1, 0.15) is 30.9 Å². The monoisotopic (exact) mass is 422 g/mol. The van der Waals surface area contributed by atoms with Gasteiger partial charge in [-0.15, -0.1) is 0 Å². The van der Waals surface area contributed by atoms with Crippen LogP contribution in [0.3, 0.4) is 0 Å². The fraction of sp³-hybridized carbons (Fsp3) is 0.292. The SMILES string of the molecule is CCCS(=O)(=O)N1CCCc2ccc(NC(=O)Cc3cccc4ccccc34)cc21. The summed E-state index contributed by atoms with van der Waals surface area (Å²) in [6, 6.07) is 19.5. The fourth-order valence-electron chi connectivity index (χ4n) is 4.10. The van der Waals surface area contributed by atoms with Gasteiger partial charge in [-0.2, -0.15) is 0 Å². The van der Waals surface area contributed by atoms with Crippen molar-refractivity contribution < 1.29 is 13.2 Å². The first kappa shape index (κ1) is 20.4. The Balaban J connectivity index is 1.56. The highest BCUT2D eigenvalue weighted by Gasteiger charge is 2.27. The number of carbonyl (C=O) groups excluding carboxylic acids is 1. The van der Waals surface area contributed by atoms with Gasteiger partial charge in [-0.1, -0.05) is 55.5 Å². The van der Waals surface area contributed by atoms with Crippen LogP contribution >= 0.6 is 0 Å². The number of benzene rings is 3. The summed E-state index contributed by atoms with van der Waals surface area (Å²) < 4.78 is 26.9. The van der Waals surface area contributed by atoms with E-state index in [-0.39, 0.29) is 18.1 Å². The zero-order chi connectivity index (χ0) is 21.1. The molecular formula is C24H26N2O3S. The molecule has 1 heterocycles. The number of fused-ring (bicyclic) bond motifs is 2. The summed E-state index contributed by atoms with van der Waals surface area (Å²) >= 11 is 0. The smallest absolute Gasteiger partial charge is 0.235 e. The van der Waals surface area contributed by atoms with Gasteiger partial charge >= 0.3 is 0 Å². The number of sulfonamides is 1. The maximum atomic E-state index is 12.7. The van der Waals surface area contributed by atoms with Crippen LogP contribution in [0.5, 0.6) is 0 Å². The Labute approximate surface area is 177 Å². The third-order valence-corrected chi connectivity index (χ3v) is 7.45. The molecule has 0 fully saturated rings. The Hall–Kier alpha value is -2.86. The van der Waals surface area contributed by atoms with Crippen molar-refractivity contribution in [1.82, 2.24) is 0 Å². The molecule has 1 aliphatic rings. The van der Waals surface area contributed by atoms with Gasteiger partial charge < -0.3 is 5.32 Å². The second kappa shape index (κ2) is 8.48. The molecule has 30 heavy (non-hydrogen) atoms. The van der Waals surface area contributed by atoms with Crippen molar-refractivity contribution in [2.45, 2.75) is 32.6 Å². The van der Waals surface area contributed by atoms with Crippen molar-refractivity contribution in [3.63, 3.8) is 0 Å². The lowest BCUT2D eigenvalue weighted by molar-refractivity contribution is -0.115. The van der Waals surface area contributed by atoms with Gasteiger partial charge in [0.25, 0.3) is 0 Å². The van der Waals surface area contributed by atoms with Gasteiger partial charge in [0.15, 0.2) is 0 Å². The largest absolute Gasteiger partial charge is 0.326 e. The molecule has 5 nitrogen and oxygen atoms in total. The third kappa shape index (κ3) is 4.19. The van der Waals surface area contributed by atoms with Gasteiger partial charge in [0, 0.05) is 12.2 Å². The number of nitrogens with one attached hydrogen (secondary N) is 1. The molecule has 156 valence electrons. The van der Waals surface area contributed by atoms with E-state index < -0.39 is 10.0 Å². The van der Waals surface area contributed by atoms with Gasteiger partial charge in [-0.25, -0.2) is 8.42 Å². The van der Waals surface area contributed by atoms with E-state index in [1.54, 1.807) is 6.07 Å². The highest BCUT2D eigenvalue weighted by molar-refractivity contribution is 7.92. The van der Waals surface area contributed by atoms with E-state index in [1.165, 1.54) is 4.31 Å². The number of carbonyl (C=O) groups is 1. The maximum absolute atomic E-state index is 12.7. The predicted molar refractivity (Wildman–Crippen MR) is 122 cm³/mol. The van der Waals surface area contributed by atoms with Crippen LogP contribution in [-0.2, 0) is 27.7 Å². The fourth-order valence-corrected chi connectivity index (χ4v) is 5.71. The molecule has 0 saturated heterocycles. The summed E-state index contributed by atoms with van der Waals surface area (Å²) in [6.45, 7) is 2.36. The van der Waals surface area contributed by atoms with Gasteiger partial charge in [0.2, 0.25) is 15.9 Å². The minimum Gasteiger partial charge on any atom is -0.326 e. The van der Waals surface area contributed by atoms with Crippen molar-refractivity contribution in [2.75, 3.05) is 21.9 Å². The number of rotatable bonds is 6. The number of nitrogens with zero attached hydrogens (tertiary/aromatic N) is 1. The Morgan fingerprint density at radius 2 is 1.87 bits per heavy atom. The number of amides is 1. The van der Waals surface area contributed by atoms with E-state index in [1.807, 2.05) is 61.5 Å². The number of hydrogen-bond acceptors (Lipinski definition) is 3. The van der Waals surface area contributed by atoms with Gasteiger partial charge in [-0.05, 0) is 53.3 Å². The van der Waals surface area contributed by atoms with Gasteiger partial charge in [0.1, 0.15) is 0 Å². The van der Waals surface area contributed by atoms with Crippen LogP contribution in [0.25, 0.3) is 10.8 Å². The lowest BCUT2D eigenvalue weighted by Crippen LogP contribution is -2.37. The van der Waals surface area contributed by atoms with Crippen molar-refractivity contribution >= 4 is 38.1 Å². The van der Waals surface area contributed by atoms with E-state index in [4.69, 9.17) is 0 Å². The lowest BCUT2D eigenvalue weighted by Gasteiger charge is -2.31. The number of aryl methyl sites for hydroxylation is 1. The molecule has 4 rings (SSSR count). The topological polar surface area (TPSA) is 66.5 Å². The van der Waals surface area contributed by atoms with Crippen LogP contribution in [-0.4, -0.2) is 26.6 Å². The molecule has 0 atom stereocenters. The first-order valence-corrected chi connectivity index (χ1v) is 12.0. The zero-order valence-corrected chi connectivity index (χ0v) is 17.9. The van der Waals surface area contributed by atoms with Crippen LogP contribution in [0.2, 0.25) is 0 Å². The highest BCUT2D eigenvalue weighted by atomic mass is 32.2. The Bertz CT molecular complexity index is 1180. The first-order chi connectivity index (χ1) is 14.5. The quantitative estimate of drug-likeness (QED) is 0.635. The summed E-state index contributed by atoms with van der Waals surface area (Å²) in [4.78, 5) is 12.7. The summed E-state index contributed by atoms with van der Waals surface area (Å²) in [6.07, 6.45) is 2.49. The Morgan fingerprint density at radius 3 is 2.70 bits per heavy atom. The van der Waals surface area contributed by atoms with Crippen molar-refractivity contribution in [1.29, 1.82) is 0 Å². The van der Waals surface area contributed by atoms with Gasteiger partial charge in [-0.3, -0.25) is 9.10 Å². The third-order valence-electron chi connectivity index (χ3n) is 5.47. The maximum Gasteiger partial charge on any atom is 0.235 e. The van der Waals surface area contributed by atoms with Crippen LogP contribution < -0.4 is 9.62 Å². The average molecular weight is 423 g/mol. The predicted octanol–water partition coefficient (Wildman–Crippen LogP) is 4.51. The number of anilines is 2. The molecule has 3 aromatic carbocycles. The second-order valence-electron chi connectivity index (χ2n) is 7.70.